The van der Waals surface area contributed by atoms with Crippen molar-refractivity contribution in [2.24, 2.45) is 0 Å². The molecule has 0 aromatic rings. The number of aliphatic hydroxyl groups excluding tert-OH is 7. The van der Waals surface area contributed by atoms with E-state index in [0.29, 0.717) is 19.3 Å². The first kappa shape index (κ1) is 37.6. The van der Waals surface area contributed by atoms with Crippen molar-refractivity contribution in [2.75, 3.05) is 13.2 Å². The summed E-state index contributed by atoms with van der Waals surface area (Å²) in [5, 5.41) is 74.1. The molecule has 41 heavy (non-hydrogen) atoms. The van der Waals surface area contributed by atoms with E-state index in [4.69, 9.17) is 9.47 Å². The highest BCUT2D eigenvalue weighted by atomic mass is 16.7. The van der Waals surface area contributed by atoms with Crippen LogP contribution in [0, 0.1) is 0 Å². The van der Waals surface area contributed by atoms with Gasteiger partial charge in [0.1, 0.15) is 36.6 Å². The van der Waals surface area contributed by atoms with E-state index < -0.39 is 74.2 Å². The summed E-state index contributed by atoms with van der Waals surface area (Å²) >= 11 is 0. The number of hydrogen-bond donors (Lipinski definition) is 8. The highest BCUT2D eigenvalue weighted by Crippen LogP contribution is 2.22. The average molecular weight is 590 g/mol. The minimum absolute atomic E-state index is 0.167. The number of carbonyl (C=O) groups excluding carboxylic acids is 1. The summed E-state index contributed by atoms with van der Waals surface area (Å²) in [6.07, 6.45) is 6.22. The molecule has 1 saturated heterocycles. The van der Waals surface area contributed by atoms with E-state index in [0.717, 1.165) is 25.7 Å². The number of ether oxygens (including phenoxy) is 2. The van der Waals surface area contributed by atoms with Gasteiger partial charge in [0.15, 0.2) is 6.29 Å². The molecule has 1 rings (SSSR count). The topological polar surface area (TPSA) is 189 Å². The first-order valence-electron chi connectivity index (χ1n) is 15.2. The minimum atomic E-state index is -1.67. The number of amides is 1. The molecular weight excluding hydrogens is 534 g/mol. The smallest absolute Gasteiger partial charge is 0.249 e. The zero-order valence-corrected chi connectivity index (χ0v) is 24.8. The van der Waals surface area contributed by atoms with Gasteiger partial charge in [-0.2, -0.15) is 0 Å². The summed E-state index contributed by atoms with van der Waals surface area (Å²) in [4.78, 5) is 12.8. The molecular formula is C30H55NO10. The fraction of sp³-hybridized carbons (Fsp3) is 0.833. The number of nitrogens with one attached hydrogen (secondary N) is 1. The number of carbonyl (C=O) groups is 1. The van der Waals surface area contributed by atoms with Crippen LogP contribution in [0.2, 0.25) is 0 Å². The zero-order valence-electron chi connectivity index (χ0n) is 24.8. The lowest BCUT2D eigenvalue weighted by Gasteiger charge is -2.40. The fourth-order valence-electron chi connectivity index (χ4n) is 4.50. The van der Waals surface area contributed by atoms with Gasteiger partial charge in [-0.1, -0.05) is 63.8 Å². The van der Waals surface area contributed by atoms with Crippen LogP contribution < -0.4 is 5.32 Å². The average Bonchev–Trinajstić information content (AvgIpc) is 2.97. The third-order valence-electron chi connectivity index (χ3n) is 7.22. The highest BCUT2D eigenvalue weighted by Gasteiger charge is 2.44. The summed E-state index contributed by atoms with van der Waals surface area (Å²) in [6, 6.07) is -1.19. The molecule has 1 aliphatic rings. The Morgan fingerprint density at radius 2 is 1.49 bits per heavy atom. The largest absolute Gasteiger partial charge is 0.394 e. The van der Waals surface area contributed by atoms with Crippen LogP contribution in [-0.4, -0.2) is 110 Å². The van der Waals surface area contributed by atoms with Crippen LogP contribution >= 0.6 is 0 Å². The Morgan fingerprint density at radius 3 is 2.15 bits per heavy atom. The molecule has 240 valence electrons. The van der Waals surface area contributed by atoms with Crippen LogP contribution in [0.25, 0.3) is 0 Å². The Hall–Kier alpha value is -1.41. The van der Waals surface area contributed by atoms with E-state index in [-0.39, 0.29) is 12.8 Å². The van der Waals surface area contributed by atoms with Crippen LogP contribution in [-0.2, 0) is 14.3 Å². The van der Waals surface area contributed by atoms with Crippen LogP contribution in [0.1, 0.15) is 90.9 Å². The molecule has 1 amide bonds. The van der Waals surface area contributed by atoms with Gasteiger partial charge in [0, 0.05) is 0 Å². The number of rotatable bonds is 22. The van der Waals surface area contributed by atoms with E-state index in [2.05, 4.69) is 25.2 Å². The first-order valence-corrected chi connectivity index (χ1v) is 15.2. The number of hydrogen-bond acceptors (Lipinski definition) is 10. The Bertz CT molecular complexity index is 734. The summed E-state index contributed by atoms with van der Waals surface area (Å²) < 4.78 is 10.9. The standard InChI is InChI=1S/C30H55NO10/c1-3-5-7-9-11-12-14-16-18-23(34)29(39)31-21(25(35)22(33)17-15-13-10-8-6-4-2)20-40-30-28(38)27(37)26(36)24(19-32)41-30/h8,10,12,14,21-28,30,32-38H,3-7,9,11,13,15-20H2,1-2H3,(H,31,39)/b10-8+,14-12-. The SMILES string of the molecule is CCC/C=C/CCCC(O)C(O)C(COC1OC(CO)C(O)C(O)C1O)NC(=O)C(O)CC/C=C\CCCCCC. The lowest BCUT2D eigenvalue weighted by molar-refractivity contribution is -0.303. The lowest BCUT2D eigenvalue weighted by Crippen LogP contribution is -2.60. The van der Waals surface area contributed by atoms with Crippen LogP contribution in [0.15, 0.2) is 24.3 Å². The van der Waals surface area contributed by atoms with Crippen LogP contribution in [0.4, 0.5) is 0 Å². The molecule has 1 fully saturated rings. The molecule has 1 aliphatic heterocycles. The molecule has 9 atom stereocenters. The van der Waals surface area contributed by atoms with Crippen molar-refractivity contribution >= 4 is 5.91 Å². The van der Waals surface area contributed by atoms with E-state index in [9.17, 15) is 40.5 Å². The fourth-order valence-corrected chi connectivity index (χ4v) is 4.50. The summed E-state index contributed by atoms with van der Waals surface area (Å²) in [7, 11) is 0. The van der Waals surface area contributed by atoms with Gasteiger partial charge < -0.3 is 50.5 Å². The molecule has 11 heteroatoms. The minimum Gasteiger partial charge on any atom is -0.394 e. The van der Waals surface area contributed by atoms with Gasteiger partial charge in [-0.05, 0) is 51.4 Å². The van der Waals surface area contributed by atoms with Crippen molar-refractivity contribution in [1.82, 2.24) is 5.32 Å². The van der Waals surface area contributed by atoms with Gasteiger partial charge in [-0.3, -0.25) is 4.79 Å². The van der Waals surface area contributed by atoms with Gasteiger partial charge in [0.25, 0.3) is 0 Å². The van der Waals surface area contributed by atoms with E-state index in [1.165, 1.54) is 19.3 Å². The van der Waals surface area contributed by atoms with Crippen molar-refractivity contribution in [3.8, 4) is 0 Å². The van der Waals surface area contributed by atoms with Crippen molar-refractivity contribution in [3.05, 3.63) is 24.3 Å². The number of allylic oxidation sites excluding steroid dienone is 4. The summed E-state index contributed by atoms with van der Waals surface area (Å²) in [6.45, 7) is 3.14. The molecule has 0 saturated carbocycles. The zero-order chi connectivity index (χ0) is 30.6. The maximum atomic E-state index is 12.8. The van der Waals surface area contributed by atoms with Gasteiger partial charge in [0.2, 0.25) is 5.91 Å². The quantitative estimate of drug-likeness (QED) is 0.0673. The normalized spacial score (nSPS) is 26.3. The van der Waals surface area contributed by atoms with Crippen LogP contribution in [0.3, 0.4) is 0 Å². The third kappa shape index (κ3) is 14.5. The molecule has 8 N–H and O–H groups in total. The Kier molecular flexibility index (Phi) is 20.3. The second-order valence-corrected chi connectivity index (χ2v) is 10.8. The Labute approximate surface area is 244 Å². The molecule has 9 unspecified atom stereocenters. The maximum Gasteiger partial charge on any atom is 0.249 e. The Morgan fingerprint density at radius 1 is 0.829 bits per heavy atom. The van der Waals surface area contributed by atoms with Crippen molar-refractivity contribution in [2.45, 2.75) is 146 Å². The molecule has 0 spiro atoms. The van der Waals surface area contributed by atoms with E-state index >= 15 is 0 Å². The number of aliphatic hydroxyl groups is 7. The molecule has 0 aliphatic carbocycles. The molecule has 0 radical (unpaired) electrons. The summed E-state index contributed by atoms with van der Waals surface area (Å²) in [5.74, 6) is -0.752. The van der Waals surface area contributed by atoms with Crippen molar-refractivity contribution in [3.63, 3.8) is 0 Å². The molecule has 11 nitrogen and oxygen atoms in total. The maximum absolute atomic E-state index is 12.8. The van der Waals surface area contributed by atoms with Crippen molar-refractivity contribution < 1.29 is 50.0 Å². The monoisotopic (exact) mass is 589 g/mol. The van der Waals surface area contributed by atoms with Gasteiger partial charge >= 0.3 is 0 Å². The second-order valence-electron chi connectivity index (χ2n) is 10.8. The molecule has 0 aromatic heterocycles. The second kappa shape index (κ2) is 22.2. The third-order valence-corrected chi connectivity index (χ3v) is 7.22. The number of unbranched alkanes of at least 4 members (excludes halogenated alkanes) is 6. The van der Waals surface area contributed by atoms with E-state index in [1.54, 1.807) is 0 Å². The molecule has 0 aromatic carbocycles. The molecule has 0 bridgehead atoms. The predicted octanol–water partition coefficient (Wildman–Crippen LogP) is 1.20. The van der Waals surface area contributed by atoms with Gasteiger partial charge in [0.05, 0.1) is 25.4 Å². The van der Waals surface area contributed by atoms with Gasteiger partial charge in [-0.15, -0.1) is 0 Å². The summed E-state index contributed by atoms with van der Waals surface area (Å²) in [5.41, 5.74) is 0. The van der Waals surface area contributed by atoms with Crippen LogP contribution in [0.5, 0.6) is 0 Å². The molecule has 1 heterocycles. The lowest BCUT2D eigenvalue weighted by atomic mass is 9.99. The predicted molar refractivity (Wildman–Crippen MR) is 155 cm³/mol. The van der Waals surface area contributed by atoms with Gasteiger partial charge in [-0.25, -0.2) is 0 Å². The Balaban J connectivity index is 2.76. The van der Waals surface area contributed by atoms with Crippen molar-refractivity contribution in [1.29, 1.82) is 0 Å². The van der Waals surface area contributed by atoms with E-state index in [1.807, 2.05) is 18.2 Å². The first-order chi connectivity index (χ1) is 19.7. The highest BCUT2D eigenvalue weighted by molar-refractivity contribution is 5.80.